The number of hydrogen-bond acceptors (Lipinski definition) is 2. The van der Waals surface area contributed by atoms with E-state index in [1.165, 1.54) is 32.4 Å². The van der Waals surface area contributed by atoms with Crippen molar-refractivity contribution in [2.24, 2.45) is 0 Å². The number of nitrogens with one attached hydrogen (secondary N) is 1. The molecule has 0 aromatic heterocycles. The molecule has 2 amide bonds. The highest BCUT2D eigenvalue weighted by molar-refractivity contribution is 5.74. The van der Waals surface area contributed by atoms with Crippen molar-refractivity contribution in [1.82, 2.24) is 15.1 Å². The molecular weight excluding hydrogens is 202 g/mol. The van der Waals surface area contributed by atoms with Crippen LogP contribution in [-0.2, 0) is 0 Å². The number of carbonyl (C=O) groups is 1. The predicted octanol–water partition coefficient (Wildman–Crippen LogP) is 1.28. The van der Waals surface area contributed by atoms with Crippen molar-refractivity contribution < 1.29 is 4.79 Å². The van der Waals surface area contributed by atoms with Crippen molar-refractivity contribution in [3.63, 3.8) is 0 Å². The van der Waals surface area contributed by atoms with E-state index in [0.29, 0.717) is 6.04 Å². The molecule has 1 aliphatic carbocycles. The molecule has 0 radical (unpaired) electrons. The Morgan fingerprint density at radius 2 is 2.00 bits per heavy atom. The Labute approximate surface area is 98.0 Å². The van der Waals surface area contributed by atoms with Gasteiger partial charge in [0.05, 0.1) is 0 Å². The lowest BCUT2D eigenvalue weighted by molar-refractivity contribution is 0.189. The smallest absolute Gasteiger partial charge is 0.317 e. The second kappa shape index (κ2) is 5.53. The highest BCUT2D eigenvalue weighted by Crippen LogP contribution is 2.18. The molecule has 2 rings (SSSR count). The van der Waals surface area contributed by atoms with Crippen LogP contribution >= 0.6 is 0 Å². The zero-order valence-corrected chi connectivity index (χ0v) is 10.2. The molecule has 2 fully saturated rings. The predicted molar refractivity (Wildman–Crippen MR) is 64.5 cm³/mol. The Morgan fingerprint density at radius 1 is 1.31 bits per heavy atom. The summed E-state index contributed by atoms with van der Waals surface area (Å²) < 4.78 is 0. The number of amides is 2. The van der Waals surface area contributed by atoms with Gasteiger partial charge in [0, 0.05) is 26.2 Å². The molecule has 0 bridgehead atoms. The van der Waals surface area contributed by atoms with Crippen LogP contribution in [0.25, 0.3) is 0 Å². The van der Waals surface area contributed by atoms with Crippen LogP contribution in [0.3, 0.4) is 0 Å². The molecule has 1 saturated heterocycles. The first-order valence-corrected chi connectivity index (χ1v) is 6.50. The molecule has 0 spiro atoms. The van der Waals surface area contributed by atoms with Crippen molar-refractivity contribution >= 4 is 6.03 Å². The van der Waals surface area contributed by atoms with Gasteiger partial charge in [-0.05, 0) is 45.2 Å². The van der Waals surface area contributed by atoms with Crippen molar-refractivity contribution in [2.75, 3.05) is 33.2 Å². The SMILES string of the molecule is CN(CCN1CCCC1)C(=O)NC1CCC1. The van der Waals surface area contributed by atoms with Gasteiger partial charge in [-0.1, -0.05) is 0 Å². The number of nitrogens with zero attached hydrogens (tertiary/aromatic N) is 2. The minimum Gasteiger partial charge on any atom is -0.335 e. The summed E-state index contributed by atoms with van der Waals surface area (Å²) in [5.41, 5.74) is 0. The normalized spacial score (nSPS) is 21.8. The molecule has 2 aliphatic rings. The minimum atomic E-state index is 0.101. The monoisotopic (exact) mass is 225 g/mol. The summed E-state index contributed by atoms with van der Waals surface area (Å²) in [6.45, 7) is 4.28. The maximum Gasteiger partial charge on any atom is 0.317 e. The summed E-state index contributed by atoms with van der Waals surface area (Å²) in [4.78, 5) is 16.0. The van der Waals surface area contributed by atoms with Gasteiger partial charge in [0.2, 0.25) is 0 Å². The average molecular weight is 225 g/mol. The first-order chi connectivity index (χ1) is 7.75. The van der Waals surface area contributed by atoms with E-state index in [2.05, 4.69) is 10.2 Å². The Balaban J connectivity index is 1.61. The fourth-order valence-electron chi connectivity index (χ4n) is 2.24. The largest absolute Gasteiger partial charge is 0.335 e. The second-order valence-electron chi connectivity index (χ2n) is 5.05. The summed E-state index contributed by atoms with van der Waals surface area (Å²) in [6, 6.07) is 0.547. The Morgan fingerprint density at radius 3 is 2.56 bits per heavy atom. The molecule has 0 unspecified atom stereocenters. The van der Waals surface area contributed by atoms with Gasteiger partial charge in [0.1, 0.15) is 0 Å². The van der Waals surface area contributed by atoms with E-state index in [1.54, 1.807) is 0 Å². The molecule has 4 nitrogen and oxygen atoms in total. The topological polar surface area (TPSA) is 35.6 Å². The second-order valence-corrected chi connectivity index (χ2v) is 5.05. The van der Waals surface area contributed by atoms with E-state index < -0.39 is 0 Å². The van der Waals surface area contributed by atoms with Gasteiger partial charge < -0.3 is 15.1 Å². The lowest BCUT2D eigenvalue weighted by Crippen LogP contribution is -2.47. The van der Waals surface area contributed by atoms with Crippen LogP contribution < -0.4 is 5.32 Å². The van der Waals surface area contributed by atoms with E-state index in [0.717, 1.165) is 25.9 Å². The van der Waals surface area contributed by atoms with Gasteiger partial charge in [-0.3, -0.25) is 0 Å². The molecule has 0 atom stereocenters. The first-order valence-electron chi connectivity index (χ1n) is 6.50. The van der Waals surface area contributed by atoms with Crippen LogP contribution in [-0.4, -0.2) is 55.1 Å². The van der Waals surface area contributed by atoms with Crippen LogP contribution in [0.1, 0.15) is 32.1 Å². The van der Waals surface area contributed by atoms with Crippen molar-refractivity contribution in [3.8, 4) is 0 Å². The molecule has 92 valence electrons. The highest BCUT2D eigenvalue weighted by atomic mass is 16.2. The van der Waals surface area contributed by atoms with Crippen LogP contribution in [0, 0.1) is 0 Å². The van der Waals surface area contributed by atoms with Gasteiger partial charge in [-0.15, -0.1) is 0 Å². The number of likely N-dealkylation sites (N-methyl/N-ethyl adjacent to an activating group) is 1. The Hall–Kier alpha value is -0.770. The summed E-state index contributed by atoms with van der Waals surface area (Å²) in [5, 5.41) is 3.06. The maximum absolute atomic E-state index is 11.7. The highest BCUT2D eigenvalue weighted by Gasteiger charge is 2.21. The number of rotatable bonds is 4. The summed E-state index contributed by atoms with van der Waals surface area (Å²) in [7, 11) is 1.89. The van der Waals surface area contributed by atoms with Crippen LogP contribution in [0.2, 0.25) is 0 Å². The lowest BCUT2D eigenvalue weighted by atomic mass is 9.93. The van der Waals surface area contributed by atoms with Gasteiger partial charge in [0.15, 0.2) is 0 Å². The molecule has 1 aliphatic heterocycles. The number of hydrogen-bond donors (Lipinski definition) is 1. The van der Waals surface area contributed by atoms with Crippen molar-refractivity contribution in [1.29, 1.82) is 0 Å². The standard InChI is InChI=1S/C12H23N3O/c1-14(9-10-15-7-2-3-8-15)12(16)13-11-5-4-6-11/h11H,2-10H2,1H3,(H,13,16). The van der Waals surface area contributed by atoms with E-state index in [9.17, 15) is 4.79 Å². The molecule has 4 heteroatoms. The molecule has 0 aromatic rings. The molecule has 1 saturated carbocycles. The summed E-state index contributed by atoms with van der Waals surface area (Å²) in [5.74, 6) is 0. The summed E-state index contributed by atoms with van der Waals surface area (Å²) in [6.07, 6.45) is 6.22. The van der Waals surface area contributed by atoms with Gasteiger partial charge >= 0.3 is 6.03 Å². The zero-order chi connectivity index (χ0) is 11.4. The molecule has 0 aromatic carbocycles. The van der Waals surface area contributed by atoms with Crippen LogP contribution in [0.4, 0.5) is 4.79 Å². The van der Waals surface area contributed by atoms with Crippen molar-refractivity contribution in [2.45, 2.75) is 38.1 Å². The molecule has 16 heavy (non-hydrogen) atoms. The number of likely N-dealkylation sites (tertiary alicyclic amines) is 1. The third-order valence-electron chi connectivity index (χ3n) is 3.73. The molecular formula is C12H23N3O. The maximum atomic E-state index is 11.7. The minimum absolute atomic E-state index is 0.101. The fourth-order valence-corrected chi connectivity index (χ4v) is 2.24. The van der Waals surface area contributed by atoms with Gasteiger partial charge in [-0.2, -0.15) is 0 Å². The van der Waals surface area contributed by atoms with Crippen molar-refractivity contribution in [3.05, 3.63) is 0 Å². The Kier molecular flexibility index (Phi) is 4.04. The molecule has 1 N–H and O–H groups in total. The van der Waals surface area contributed by atoms with E-state index in [1.807, 2.05) is 11.9 Å². The van der Waals surface area contributed by atoms with Crippen LogP contribution in [0.15, 0.2) is 0 Å². The van der Waals surface area contributed by atoms with Gasteiger partial charge in [-0.25, -0.2) is 4.79 Å². The van der Waals surface area contributed by atoms with Gasteiger partial charge in [0.25, 0.3) is 0 Å². The Bertz CT molecular complexity index is 234. The third-order valence-corrected chi connectivity index (χ3v) is 3.73. The fraction of sp³-hybridized carbons (Fsp3) is 0.917. The number of carbonyl (C=O) groups excluding carboxylic acids is 1. The first kappa shape index (κ1) is 11.7. The number of urea groups is 1. The quantitative estimate of drug-likeness (QED) is 0.782. The lowest BCUT2D eigenvalue weighted by Gasteiger charge is -2.29. The molecule has 1 heterocycles. The van der Waals surface area contributed by atoms with E-state index in [-0.39, 0.29) is 6.03 Å². The summed E-state index contributed by atoms with van der Waals surface area (Å²) >= 11 is 0. The average Bonchev–Trinajstić information content (AvgIpc) is 2.72. The van der Waals surface area contributed by atoms with E-state index >= 15 is 0 Å². The third kappa shape index (κ3) is 3.11. The zero-order valence-electron chi connectivity index (χ0n) is 10.2. The van der Waals surface area contributed by atoms with E-state index in [4.69, 9.17) is 0 Å². The van der Waals surface area contributed by atoms with Crippen LogP contribution in [0.5, 0.6) is 0 Å².